The number of rotatable bonds is 5. The molecule has 2 aromatic heterocycles. The van der Waals surface area contributed by atoms with Crippen molar-refractivity contribution in [3.63, 3.8) is 0 Å². The van der Waals surface area contributed by atoms with E-state index in [0.29, 0.717) is 47.8 Å². The molecule has 11 heteroatoms. The van der Waals surface area contributed by atoms with Crippen LogP contribution in [0.4, 0.5) is 5.69 Å². The summed E-state index contributed by atoms with van der Waals surface area (Å²) in [4.78, 5) is 25.5. The molecule has 2 heterocycles. The first-order valence-corrected chi connectivity index (χ1v) is 13.1. The van der Waals surface area contributed by atoms with E-state index in [1.165, 1.54) is 0 Å². The zero-order chi connectivity index (χ0) is 27.7. The Balaban J connectivity index is 1.29. The lowest BCUT2D eigenvalue weighted by molar-refractivity contribution is 0.0949. The van der Waals surface area contributed by atoms with Crippen LogP contribution in [0, 0.1) is 10.8 Å². The van der Waals surface area contributed by atoms with Crippen LogP contribution in [0.25, 0.3) is 21.9 Å². The zero-order valence-corrected chi connectivity index (χ0v) is 23.4. The number of nitrogens with one attached hydrogen (secondary N) is 4. The predicted molar refractivity (Wildman–Crippen MR) is 154 cm³/mol. The lowest BCUT2D eigenvalue weighted by atomic mass is 10.1. The minimum atomic E-state index is -0.576. The topological polar surface area (TPSA) is 145 Å². The molecule has 2 amide bonds. The summed E-state index contributed by atoms with van der Waals surface area (Å²) in [7, 11) is 0. The molecule has 0 saturated heterocycles. The highest BCUT2D eigenvalue weighted by Crippen LogP contribution is 2.24. The van der Waals surface area contributed by atoms with Gasteiger partial charge in [-0.3, -0.25) is 20.4 Å². The van der Waals surface area contributed by atoms with E-state index in [4.69, 9.17) is 19.7 Å². The van der Waals surface area contributed by atoms with Gasteiger partial charge in [0.2, 0.25) is 11.1 Å². The summed E-state index contributed by atoms with van der Waals surface area (Å²) in [6.07, 6.45) is 0. The number of carbonyl (C=O) groups is 2. The molecule has 0 fully saturated rings. The van der Waals surface area contributed by atoms with Crippen LogP contribution in [0.3, 0.4) is 0 Å². The monoisotopic (exact) mass is 647 g/mol. The fraction of sp³-hybridized carbons (Fsp3) is 0.0357. The van der Waals surface area contributed by atoms with Gasteiger partial charge < -0.3 is 14.2 Å². The molecule has 39 heavy (non-hydrogen) atoms. The van der Waals surface area contributed by atoms with Crippen LogP contribution in [0.1, 0.15) is 33.2 Å². The van der Waals surface area contributed by atoms with E-state index in [1.807, 2.05) is 12.1 Å². The molecule has 3 aromatic carbocycles. The van der Waals surface area contributed by atoms with Crippen molar-refractivity contribution in [2.75, 3.05) is 5.32 Å². The third kappa shape index (κ3) is 5.45. The molecule has 5 rings (SSSR count). The molecule has 0 unspecified atom stereocenters. The average Bonchev–Trinajstić information content (AvgIpc) is 2.92. The average molecular weight is 649 g/mol. The summed E-state index contributed by atoms with van der Waals surface area (Å²) in [6.45, 7) is 1.72. The Labute approximate surface area is 237 Å². The molecule has 0 aliphatic carbocycles. The van der Waals surface area contributed by atoms with E-state index < -0.39 is 11.8 Å². The van der Waals surface area contributed by atoms with E-state index in [9.17, 15) is 9.59 Å². The molecule has 0 spiro atoms. The van der Waals surface area contributed by atoms with E-state index >= 15 is 0 Å². The van der Waals surface area contributed by atoms with E-state index in [2.05, 4.69) is 47.7 Å². The number of nitrogens with zero attached hydrogens (tertiary/aromatic N) is 1. The smallest absolute Gasteiger partial charge is 0.276 e. The summed E-state index contributed by atoms with van der Waals surface area (Å²) in [5.41, 5.74) is 4.80. The number of anilines is 1. The van der Waals surface area contributed by atoms with Crippen molar-refractivity contribution in [2.24, 2.45) is 5.10 Å². The minimum absolute atomic E-state index is 0.0526. The Morgan fingerprint density at radius 1 is 0.769 bits per heavy atom. The number of hydrogen-bond donors (Lipinski definition) is 4. The zero-order valence-electron chi connectivity index (χ0n) is 20.3. The van der Waals surface area contributed by atoms with Gasteiger partial charge in [0.05, 0.1) is 14.7 Å². The maximum absolute atomic E-state index is 12.8. The summed E-state index contributed by atoms with van der Waals surface area (Å²) in [5, 5.41) is 24.5. The third-order valence-electron chi connectivity index (χ3n) is 5.87. The Kier molecular flexibility index (Phi) is 7.27. The van der Waals surface area contributed by atoms with Gasteiger partial charge >= 0.3 is 0 Å². The predicted octanol–water partition coefficient (Wildman–Crippen LogP) is 6.07. The van der Waals surface area contributed by atoms with Crippen LogP contribution in [0.2, 0.25) is 0 Å². The molecule has 0 bridgehead atoms. The fourth-order valence-electron chi connectivity index (χ4n) is 3.84. The first-order valence-electron chi connectivity index (χ1n) is 11.5. The number of amides is 2. The van der Waals surface area contributed by atoms with Crippen LogP contribution in [-0.2, 0) is 0 Å². The highest BCUT2D eigenvalue weighted by Gasteiger charge is 2.14. The van der Waals surface area contributed by atoms with Gasteiger partial charge in [0, 0.05) is 16.5 Å². The van der Waals surface area contributed by atoms with Crippen LogP contribution in [0.5, 0.6) is 0 Å². The molecule has 0 aliphatic heterocycles. The number of carbonyl (C=O) groups excluding carboxylic acids is 2. The second kappa shape index (κ2) is 10.8. The third-order valence-corrected chi connectivity index (χ3v) is 7.12. The summed E-state index contributed by atoms with van der Waals surface area (Å²) in [6, 6.07) is 20.8. The SMILES string of the molecule is C/C(=N\NC(=O)c1cc2cccc(Br)c2oc1=N)c1ccc(NC(=O)c2cc3cccc(Br)c3oc2=N)cc1. The Morgan fingerprint density at radius 3 is 1.82 bits per heavy atom. The lowest BCUT2D eigenvalue weighted by Gasteiger charge is -2.08. The first-order chi connectivity index (χ1) is 18.7. The van der Waals surface area contributed by atoms with Crippen molar-refractivity contribution in [1.82, 2.24) is 5.43 Å². The summed E-state index contributed by atoms with van der Waals surface area (Å²) in [5.74, 6) is -1.05. The normalized spacial score (nSPS) is 11.5. The van der Waals surface area contributed by atoms with Gasteiger partial charge in [-0.2, -0.15) is 5.10 Å². The number of halogens is 2. The first kappa shape index (κ1) is 26.3. The quantitative estimate of drug-likeness (QED) is 0.135. The molecule has 5 aromatic rings. The van der Waals surface area contributed by atoms with Crippen LogP contribution in [-0.4, -0.2) is 17.5 Å². The Hall–Kier alpha value is -4.35. The van der Waals surface area contributed by atoms with E-state index in [-0.39, 0.29) is 22.2 Å². The largest absolute Gasteiger partial charge is 0.437 e. The van der Waals surface area contributed by atoms with Gasteiger partial charge in [0.25, 0.3) is 11.8 Å². The minimum Gasteiger partial charge on any atom is -0.437 e. The van der Waals surface area contributed by atoms with Gasteiger partial charge in [-0.15, -0.1) is 0 Å². The lowest BCUT2D eigenvalue weighted by Crippen LogP contribution is -2.25. The maximum atomic E-state index is 12.8. The summed E-state index contributed by atoms with van der Waals surface area (Å²) < 4.78 is 12.4. The number of benzene rings is 3. The molecular weight excluding hydrogens is 630 g/mol. The Morgan fingerprint density at radius 2 is 1.28 bits per heavy atom. The van der Waals surface area contributed by atoms with Crippen molar-refractivity contribution >= 4 is 77.0 Å². The highest BCUT2D eigenvalue weighted by atomic mass is 79.9. The number of hydrazone groups is 1. The van der Waals surface area contributed by atoms with Crippen molar-refractivity contribution in [2.45, 2.75) is 6.92 Å². The van der Waals surface area contributed by atoms with Gasteiger partial charge in [0.1, 0.15) is 11.1 Å². The van der Waals surface area contributed by atoms with Crippen LogP contribution in [0.15, 0.2) is 95.7 Å². The molecule has 9 nitrogen and oxygen atoms in total. The molecule has 0 aliphatic rings. The molecule has 0 atom stereocenters. The van der Waals surface area contributed by atoms with Gasteiger partial charge in [-0.05, 0) is 80.7 Å². The van der Waals surface area contributed by atoms with Gasteiger partial charge in [-0.25, -0.2) is 5.43 Å². The van der Waals surface area contributed by atoms with Gasteiger partial charge in [0.15, 0.2) is 11.2 Å². The van der Waals surface area contributed by atoms with Crippen LogP contribution < -0.4 is 21.9 Å². The number of para-hydroxylation sites is 2. The number of hydrogen-bond acceptors (Lipinski definition) is 7. The molecular formula is C28H19Br2N5O4. The maximum Gasteiger partial charge on any atom is 0.276 e. The molecule has 4 N–H and O–H groups in total. The van der Waals surface area contributed by atoms with Crippen molar-refractivity contribution in [3.05, 3.63) is 110 Å². The molecule has 194 valence electrons. The molecule has 0 saturated carbocycles. The Bertz CT molecular complexity index is 1930. The van der Waals surface area contributed by atoms with Crippen molar-refractivity contribution < 1.29 is 18.4 Å². The van der Waals surface area contributed by atoms with Crippen LogP contribution >= 0.6 is 31.9 Å². The van der Waals surface area contributed by atoms with Crippen molar-refractivity contribution in [3.8, 4) is 0 Å². The van der Waals surface area contributed by atoms with Gasteiger partial charge in [-0.1, -0.05) is 36.4 Å². The van der Waals surface area contributed by atoms with E-state index in [1.54, 1.807) is 67.6 Å². The molecule has 0 radical (unpaired) electrons. The van der Waals surface area contributed by atoms with E-state index in [0.717, 1.165) is 0 Å². The number of fused-ring (bicyclic) bond motifs is 2. The second-order valence-electron chi connectivity index (χ2n) is 8.46. The standard InChI is InChI=1S/C28H19Br2N5O4/c1-14(34-35-28(37)20-13-17-5-3-7-22(30)24(17)39-26(20)32)15-8-10-18(11-9-15)33-27(36)19-12-16-4-2-6-21(29)23(16)38-25(19)31/h2-13,31-32H,1H3,(H,33,36)(H,35,37)/b31-25?,32-26?,34-14+. The second-order valence-corrected chi connectivity index (χ2v) is 10.2. The fourth-order valence-corrected chi connectivity index (χ4v) is 4.76. The highest BCUT2D eigenvalue weighted by molar-refractivity contribution is 9.11. The van der Waals surface area contributed by atoms with Crippen molar-refractivity contribution in [1.29, 1.82) is 10.8 Å². The summed E-state index contributed by atoms with van der Waals surface area (Å²) >= 11 is 6.76.